The lowest BCUT2D eigenvalue weighted by Gasteiger charge is -2.66. The fourth-order valence-electron chi connectivity index (χ4n) is 8.12. The monoisotopic (exact) mass is 611 g/mol. The number of aromatic nitrogens is 1. The highest BCUT2D eigenvalue weighted by Gasteiger charge is 2.70. The van der Waals surface area contributed by atoms with Crippen LogP contribution in [0.5, 0.6) is 5.75 Å². The van der Waals surface area contributed by atoms with Crippen LogP contribution in [0, 0.1) is 22.7 Å². The maximum atomic E-state index is 13.5. The first-order valence-corrected chi connectivity index (χ1v) is 15.3. The van der Waals surface area contributed by atoms with Gasteiger partial charge in [-0.25, -0.2) is 4.79 Å². The Morgan fingerprint density at radius 2 is 1.77 bits per heavy atom. The molecule has 1 aliphatic heterocycles. The second kappa shape index (κ2) is 11.6. The number of hydrogen-bond acceptors (Lipinski definition) is 11. The Labute approximate surface area is 256 Å². The van der Waals surface area contributed by atoms with Crippen LogP contribution in [0.1, 0.15) is 85.3 Å². The molecule has 2 aromatic heterocycles. The topological polar surface area (TPSA) is 151 Å². The largest absolute Gasteiger partial charge is 0.482 e. The van der Waals surface area contributed by atoms with E-state index in [0.717, 1.165) is 0 Å². The van der Waals surface area contributed by atoms with E-state index in [0.29, 0.717) is 18.4 Å². The van der Waals surface area contributed by atoms with Crippen molar-refractivity contribution >= 4 is 17.9 Å². The van der Waals surface area contributed by atoms with Gasteiger partial charge in [-0.1, -0.05) is 27.7 Å². The number of carbonyl (C=O) groups is 3. The van der Waals surface area contributed by atoms with Crippen molar-refractivity contribution in [1.29, 1.82) is 0 Å². The van der Waals surface area contributed by atoms with E-state index < -0.39 is 58.2 Å². The van der Waals surface area contributed by atoms with Crippen molar-refractivity contribution in [2.45, 2.75) is 97.6 Å². The summed E-state index contributed by atoms with van der Waals surface area (Å²) in [6.07, 6.45) is 1.87. The van der Waals surface area contributed by atoms with Crippen LogP contribution in [-0.4, -0.2) is 52.4 Å². The lowest BCUT2D eigenvalue weighted by Crippen LogP contribution is -2.71. The van der Waals surface area contributed by atoms with E-state index in [1.165, 1.54) is 6.92 Å². The number of ether oxygens (including phenoxy) is 4. The van der Waals surface area contributed by atoms with E-state index in [9.17, 15) is 24.3 Å². The zero-order valence-electron chi connectivity index (χ0n) is 26.1. The number of carbonyl (C=O) groups excluding carboxylic acids is 3. The van der Waals surface area contributed by atoms with Crippen molar-refractivity contribution < 1.29 is 42.9 Å². The molecule has 238 valence electrons. The number of aliphatic hydroxyl groups excluding tert-OH is 1. The van der Waals surface area contributed by atoms with Gasteiger partial charge in [-0.05, 0) is 49.7 Å². The molecule has 3 aliphatic rings. The van der Waals surface area contributed by atoms with Crippen molar-refractivity contribution in [2.24, 2.45) is 22.7 Å². The minimum atomic E-state index is -1.34. The van der Waals surface area contributed by atoms with Gasteiger partial charge in [0.15, 0.2) is 0 Å². The van der Waals surface area contributed by atoms with Gasteiger partial charge in [0, 0.05) is 55.1 Å². The highest BCUT2D eigenvalue weighted by molar-refractivity contribution is 5.70. The highest BCUT2D eigenvalue weighted by atomic mass is 16.6. The molecule has 11 heteroatoms. The van der Waals surface area contributed by atoms with Gasteiger partial charge in [0.2, 0.25) is 0 Å². The molecule has 0 saturated heterocycles. The summed E-state index contributed by atoms with van der Waals surface area (Å²) in [6, 6.07) is 5.02. The summed E-state index contributed by atoms with van der Waals surface area (Å²) >= 11 is 0. The summed E-state index contributed by atoms with van der Waals surface area (Å²) in [5.41, 5.74) is -3.09. The average molecular weight is 612 g/mol. The lowest BCUT2D eigenvalue weighted by molar-refractivity contribution is -0.271. The maximum Gasteiger partial charge on any atom is 0.345 e. The summed E-state index contributed by atoms with van der Waals surface area (Å²) in [4.78, 5) is 55.0. The number of hydrogen-bond donors (Lipinski definition) is 1. The third-order valence-corrected chi connectivity index (χ3v) is 10.2. The van der Waals surface area contributed by atoms with Crippen LogP contribution in [0.2, 0.25) is 0 Å². The first kappa shape index (κ1) is 31.7. The molecule has 5 rings (SSSR count). The number of nitrogens with zero attached hydrogens (tertiary/aromatic N) is 1. The normalized spacial score (nSPS) is 33.9. The summed E-state index contributed by atoms with van der Waals surface area (Å²) in [7, 11) is 0. The molecule has 0 radical (unpaired) electrons. The fraction of sp³-hybridized carbons (Fsp3) is 0.606. The molecule has 2 aromatic rings. The predicted octanol–water partition coefficient (Wildman–Crippen LogP) is 4.54. The molecule has 8 atom stereocenters. The van der Waals surface area contributed by atoms with Gasteiger partial charge in [-0.2, -0.15) is 0 Å². The Balaban J connectivity index is 1.66. The van der Waals surface area contributed by atoms with Crippen LogP contribution in [0.3, 0.4) is 0 Å². The van der Waals surface area contributed by atoms with E-state index in [1.807, 2.05) is 20.8 Å². The molecule has 0 bridgehead atoms. The maximum absolute atomic E-state index is 13.5. The fourth-order valence-corrected chi connectivity index (χ4v) is 8.12. The number of esters is 3. The van der Waals surface area contributed by atoms with Crippen LogP contribution in [0.4, 0.5) is 0 Å². The highest BCUT2D eigenvalue weighted by Crippen LogP contribution is 2.67. The molecular weight excluding hydrogens is 570 g/mol. The zero-order valence-corrected chi connectivity index (χ0v) is 26.1. The van der Waals surface area contributed by atoms with Gasteiger partial charge < -0.3 is 28.5 Å². The summed E-state index contributed by atoms with van der Waals surface area (Å²) in [6.45, 7) is 10.4. The third kappa shape index (κ3) is 5.18. The molecule has 0 unspecified atom stereocenters. The molecule has 2 saturated carbocycles. The minimum Gasteiger partial charge on any atom is -0.482 e. The summed E-state index contributed by atoms with van der Waals surface area (Å²) < 4.78 is 29.9. The Bertz CT molecular complexity index is 1490. The minimum absolute atomic E-state index is 0.0104. The third-order valence-electron chi connectivity index (χ3n) is 10.2. The molecule has 0 spiro atoms. The van der Waals surface area contributed by atoms with Crippen LogP contribution < -0.4 is 10.4 Å². The van der Waals surface area contributed by atoms with E-state index in [4.69, 9.17) is 23.4 Å². The van der Waals surface area contributed by atoms with E-state index in [2.05, 4.69) is 4.98 Å². The molecule has 3 heterocycles. The Kier molecular flexibility index (Phi) is 8.39. The SMILES string of the molecule is CCC(=O)O[C@H]1CC[C@@]2(C)[C@@H](C[C@H](OC(=O)CC)[C@@]3(C)Oc4cc(-c5cccnc5)oc(=O)c4[C@H](O)[C@H]23)[C@]1(C)COC(C)=O. The molecule has 0 aromatic carbocycles. The second-order valence-electron chi connectivity index (χ2n) is 12.9. The van der Waals surface area contributed by atoms with E-state index in [1.54, 1.807) is 44.4 Å². The lowest BCUT2D eigenvalue weighted by atomic mass is 9.42. The zero-order chi connectivity index (χ0) is 32.0. The van der Waals surface area contributed by atoms with Gasteiger partial charge in [-0.3, -0.25) is 19.4 Å². The van der Waals surface area contributed by atoms with Crippen molar-refractivity contribution in [3.63, 3.8) is 0 Å². The van der Waals surface area contributed by atoms with Crippen LogP contribution in [-0.2, 0) is 28.6 Å². The van der Waals surface area contributed by atoms with Gasteiger partial charge >= 0.3 is 23.5 Å². The van der Waals surface area contributed by atoms with E-state index >= 15 is 0 Å². The number of fused-ring (bicyclic) bond motifs is 4. The van der Waals surface area contributed by atoms with Crippen LogP contribution in [0.25, 0.3) is 11.3 Å². The van der Waals surface area contributed by atoms with E-state index in [-0.39, 0.29) is 54.8 Å². The molecule has 11 nitrogen and oxygen atoms in total. The second-order valence-corrected chi connectivity index (χ2v) is 12.9. The molecule has 1 N–H and O–H groups in total. The van der Waals surface area contributed by atoms with Crippen molar-refractivity contribution in [1.82, 2.24) is 4.98 Å². The predicted molar refractivity (Wildman–Crippen MR) is 156 cm³/mol. The number of rotatable bonds is 7. The van der Waals surface area contributed by atoms with Crippen molar-refractivity contribution in [2.75, 3.05) is 6.61 Å². The Morgan fingerprint density at radius 1 is 1.09 bits per heavy atom. The quantitative estimate of drug-likeness (QED) is 0.347. The van der Waals surface area contributed by atoms with Crippen molar-refractivity contribution in [3.8, 4) is 17.1 Å². The van der Waals surface area contributed by atoms with Gasteiger partial charge in [0.25, 0.3) is 0 Å². The van der Waals surface area contributed by atoms with Crippen molar-refractivity contribution in [3.05, 3.63) is 46.6 Å². The Hall–Kier alpha value is -3.73. The first-order chi connectivity index (χ1) is 20.8. The van der Waals surface area contributed by atoms with Crippen LogP contribution in [0.15, 0.2) is 39.8 Å². The van der Waals surface area contributed by atoms with Gasteiger partial charge in [0.1, 0.15) is 41.5 Å². The first-order valence-electron chi connectivity index (χ1n) is 15.3. The molecule has 44 heavy (non-hydrogen) atoms. The summed E-state index contributed by atoms with van der Waals surface area (Å²) in [5.74, 6) is -2.05. The molecule has 2 aliphatic carbocycles. The number of pyridine rings is 1. The molecular formula is C33H41NO10. The van der Waals surface area contributed by atoms with Gasteiger partial charge in [-0.15, -0.1) is 0 Å². The standard InChI is InChI=1S/C33H41NO10/c1-7-25(36)42-23-11-12-31(4)22(32(23,5)17-40-18(3)35)15-24(43-26(37)8-2)33(6)29(31)28(38)27-21(44-33)14-20(41-30(27)39)19-10-9-13-34-16-19/h9-10,13-14,16,22-24,28-29,38H,7-8,11-12,15,17H2,1-6H3/t22-,23+,24+,28+,29-,31+,32+,33-/m1/s1. The van der Waals surface area contributed by atoms with Crippen LogP contribution >= 0.6 is 0 Å². The Morgan fingerprint density at radius 3 is 2.39 bits per heavy atom. The summed E-state index contributed by atoms with van der Waals surface area (Å²) in [5, 5.41) is 12.2. The molecule has 2 fully saturated rings. The molecule has 0 amide bonds. The smallest absolute Gasteiger partial charge is 0.345 e. The number of aliphatic hydroxyl groups is 1. The van der Waals surface area contributed by atoms with Gasteiger partial charge in [0.05, 0.1) is 6.10 Å². The average Bonchev–Trinajstić information content (AvgIpc) is 2.98.